The van der Waals surface area contributed by atoms with Crippen LogP contribution < -0.4 is 0 Å². The van der Waals surface area contributed by atoms with Crippen molar-refractivity contribution in [1.82, 2.24) is 24.5 Å². The molecule has 0 fully saturated rings. The predicted molar refractivity (Wildman–Crippen MR) is 104 cm³/mol. The van der Waals surface area contributed by atoms with E-state index in [9.17, 15) is 4.39 Å². The number of hydrogen-bond donors (Lipinski definition) is 0. The van der Waals surface area contributed by atoms with Crippen LogP contribution in [0.1, 0.15) is 18.5 Å². The van der Waals surface area contributed by atoms with Crippen LogP contribution >= 0.6 is 11.3 Å². The van der Waals surface area contributed by atoms with Crippen LogP contribution in [0, 0.1) is 11.6 Å². The molecule has 0 saturated heterocycles. The Hall–Kier alpha value is -3.26. The van der Waals surface area contributed by atoms with Crippen molar-refractivity contribution < 1.29 is 8.78 Å². The first kappa shape index (κ1) is 16.9. The third kappa shape index (κ3) is 2.56. The Labute approximate surface area is 162 Å². The molecule has 1 aromatic carbocycles. The van der Waals surface area contributed by atoms with E-state index in [4.69, 9.17) is 0 Å². The average molecular weight is 393 g/mol. The third-order valence-electron chi connectivity index (χ3n) is 4.77. The van der Waals surface area contributed by atoms with Crippen LogP contribution in [0.3, 0.4) is 0 Å². The van der Waals surface area contributed by atoms with E-state index in [1.165, 1.54) is 18.6 Å². The number of benzene rings is 1. The van der Waals surface area contributed by atoms with Crippen molar-refractivity contribution in [2.24, 2.45) is 0 Å². The van der Waals surface area contributed by atoms with Crippen molar-refractivity contribution in [2.75, 3.05) is 0 Å². The van der Waals surface area contributed by atoms with E-state index in [2.05, 4.69) is 19.9 Å². The second-order valence-electron chi connectivity index (χ2n) is 6.40. The molecule has 5 nitrogen and oxygen atoms in total. The van der Waals surface area contributed by atoms with Crippen molar-refractivity contribution in [3.8, 4) is 11.3 Å². The monoisotopic (exact) mass is 393 g/mol. The van der Waals surface area contributed by atoms with Gasteiger partial charge in [-0.2, -0.15) is 11.3 Å². The molecule has 1 unspecified atom stereocenters. The summed E-state index contributed by atoms with van der Waals surface area (Å²) in [6, 6.07) is 5.75. The van der Waals surface area contributed by atoms with E-state index in [-0.39, 0.29) is 16.5 Å². The third-order valence-corrected chi connectivity index (χ3v) is 5.45. The molecule has 0 bridgehead atoms. The number of halogens is 2. The normalized spacial score (nSPS) is 12.7. The molecule has 0 aliphatic carbocycles. The largest absolute Gasteiger partial charge is 0.306 e. The molecule has 0 spiro atoms. The van der Waals surface area contributed by atoms with Gasteiger partial charge >= 0.3 is 0 Å². The van der Waals surface area contributed by atoms with Crippen molar-refractivity contribution in [3.63, 3.8) is 0 Å². The van der Waals surface area contributed by atoms with Gasteiger partial charge in [0.1, 0.15) is 11.6 Å². The van der Waals surface area contributed by atoms with E-state index in [1.807, 2.05) is 16.8 Å². The fraction of sp³-hybridized carbons (Fsp3) is 0.100. The number of pyridine rings is 1. The second-order valence-corrected chi connectivity index (χ2v) is 7.18. The highest BCUT2D eigenvalue weighted by Gasteiger charge is 2.23. The van der Waals surface area contributed by atoms with Gasteiger partial charge in [-0.1, -0.05) is 0 Å². The van der Waals surface area contributed by atoms with Gasteiger partial charge < -0.3 is 4.57 Å². The molecule has 8 heteroatoms. The smallest absolute Gasteiger partial charge is 0.197 e. The maximum Gasteiger partial charge on any atom is 0.197 e. The molecule has 0 amide bonds. The minimum atomic E-state index is -0.665. The van der Waals surface area contributed by atoms with Crippen LogP contribution in [0.25, 0.3) is 33.5 Å². The van der Waals surface area contributed by atoms with Gasteiger partial charge in [-0.15, -0.1) is 0 Å². The molecular weight excluding hydrogens is 380 g/mol. The predicted octanol–water partition coefficient (Wildman–Crippen LogP) is 4.99. The summed E-state index contributed by atoms with van der Waals surface area (Å²) in [5, 5.41) is 4.20. The van der Waals surface area contributed by atoms with Gasteiger partial charge in [0.05, 0.1) is 29.8 Å². The zero-order valence-electron chi connectivity index (χ0n) is 14.7. The molecule has 0 aliphatic rings. The minimum absolute atomic E-state index is 0.0532. The Kier molecular flexibility index (Phi) is 3.87. The van der Waals surface area contributed by atoms with Gasteiger partial charge in [-0.25, -0.2) is 23.7 Å². The number of imidazole rings is 1. The fourth-order valence-corrected chi connectivity index (χ4v) is 3.98. The van der Waals surface area contributed by atoms with Crippen LogP contribution in [0.15, 0.2) is 53.7 Å². The quantitative estimate of drug-likeness (QED) is 0.433. The summed E-state index contributed by atoms with van der Waals surface area (Å²) in [5.41, 5.74) is 2.75. The average Bonchev–Trinajstić information content (AvgIpc) is 3.37. The first-order valence-corrected chi connectivity index (χ1v) is 9.52. The molecule has 0 N–H and O–H groups in total. The molecule has 138 valence electrons. The summed E-state index contributed by atoms with van der Waals surface area (Å²) in [7, 11) is 0. The highest BCUT2D eigenvalue weighted by Crippen LogP contribution is 2.31. The van der Waals surface area contributed by atoms with E-state index in [0.717, 1.165) is 5.56 Å². The van der Waals surface area contributed by atoms with Crippen molar-refractivity contribution in [1.29, 1.82) is 0 Å². The molecule has 4 heterocycles. The number of thiophene rings is 1. The van der Waals surface area contributed by atoms with Gasteiger partial charge in [0.25, 0.3) is 0 Å². The summed E-state index contributed by atoms with van der Waals surface area (Å²) in [6.45, 7) is 1.71. The lowest BCUT2D eigenvalue weighted by atomic mass is 10.0. The minimum Gasteiger partial charge on any atom is -0.306 e. The Morgan fingerprint density at radius 1 is 1.14 bits per heavy atom. The fourth-order valence-electron chi connectivity index (χ4n) is 3.33. The van der Waals surface area contributed by atoms with E-state index >= 15 is 4.39 Å². The summed E-state index contributed by atoms with van der Waals surface area (Å²) in [5.74, 6) is -1.28. The first-order chi connectivity index (χ1) is 13.6. The van der Waals surface area contributed by atoms with Crippen molar-refractivity contribution in [3.05, 3.63) is 70.9 Å². The van der Waals surface area contributed by atoms with E-state index in [0.29, 0.717) is 17.0 Å². The molecule has 1 atom stereocenters. The second kappa shape index (κ2) is 6.42. The molecular formula is C20H13F2N5S. The highest BCUT2D eigenvalue weighted by molar-refractivity contribution is 7.08. The maximum atomic E-state index is 15.1. The van der Waals surface area contributed by atoms with Crippen LogP contribution in [0.2, 0.25) is 0 Å². The molecule has 0 radical (unpaired) electrons. The summed E-state index contributed by atoms with van der Waals surface area (Å²) < 4.78 is 31.5. The zero-order valence-corrected chi connectivity index (χ0v) is 15.5. The summed E-state index contributed by atoms with van der Waals surface area (Å²) in [4.78, 5) is 17.3. The SMILES string of the molecule is CC(c1c(F)cc2ncccc2c1F)n1cnc2ncc(-c3ccsc3)nc21. The van der Waals surface area contributed by atoms with Crippen molar-refractivity contribution in [2.45, 2.75) is 13.0 Å². The Morgan fingerprint density at radius 2 is 2.04 bits per heavy atom. The first-order valence-electron chi connectivity index (χ1n) is 8.58. The van der Waals surface area contributed by atoms with Gasteiger partial charge in [0.15, 0.2) is 11.3 Å². The zero-order chi connectivity index (χ0) is 19.3. The molecule has 28 heavy (non-hydrogen) atoms. The Morgan fingerprint density at radius 3 is 2.86 bits per heavy atom. The van der Waals surface area contributed by atoms with E-state index in [1.54, 1.807) is 41.2 Å². The maximum absolute atomic E-state index is 15.1. The standard InChI is InChI=1S/C20H13F2N5S/c1-11(17-14(21)7-15-13(18(17)22)3-2-5-23-15)27-10-25-19-20(27)26-16(8-24-19)12-4-6-28-9-12/h2-11H,1H3. The Bertz CT molecular complexity index is 1310. The highest BCUT2D eigenvalue weighted by atomic mass is 32.1. The number of nitrogens with zero attached hydrogens (tertiary/aromatic N) is 5. The molecule has 4 aromatic heterocycles. The summed E-state index contributed by atoms with van der Waals surface area (Å²) >= 11 is 1.56. The molecule has 0 aliphatic heterocycles. The van der Waals surface area contributed by atoms with Gasteiger partial charge in [0.2, 0.25) is 0 Å². The lowest BCUT2D eigenvalue weighted by molar-refractivity contribution is 0.517. The van der Waals surface area contributed by atoms with Crippen LogP contribution in [-0.4, -0.2) is 24.5 Å². The van der Waals surface area contributed by atoms with Gasteiger partial charge in [-0.05, 0) is 30.5 Å². The van der Waals surface area contributed by atoms with Crippen LogP contribution in [-0.2, 0) is 0 Å². The van der Waals surface area contributed by atoms with E-state index < -0.39 is 17.7 Å². The molecule has 5 rings (SSSR count). The Balaban J connectivity index is 1.68. The lowest BCUT2D eigenvalue weighted by Crippen LogP contribution is -2.11. The summed E-state index contributed by atoms with van der Waals surface area (Å²) in [6.07, 6.45) is 4.67. The number of rotatable bonds is 3. The lowest BCUT2D eigenvalue weighted by Gasteiger charge is -2.17. The van der Waals surface area contributed by atoms with Crippen LogP contribution in [0.4, 0.5) is 8.78 Å². The van der Waals surface area contributed by atoms with Gasteiger partial charge in [0, 0.05) is 34.2 Å². The van der Waals surface area contributed by atoms with Crippen molar-refractivity contribution >= 4 is 33.5 Å². The topological polar surface area (TPSA) is 56.5 Å². The van der Waals surface area contributed by atoms with Gasteiger partial charge in [-0.3, -0.25) is 4.98 Å². The number of hydrogen-bond acceptors (Lipinski definition) is 5. The number of fused-ring (bicyclic) bond motifs is 2. The van der Waals surface area contributed by atoms with Crippen LogP contribution in [0.5, 0.6) is 0 Å². The number of aromatic nitrogens is 5. The molecule has 0 saturated carbocycles. The molecule has 5 aromatic rings.